The molecule has 1 nitrogen and oxygen atoms in total. The van der Waals surface area contributed by atoms with E-state index >= 15 is 0 Å². The fourth-order valence-electron chi connectivity index (χ4n) is 2.34. The number of halogens is 2. The Morgan fingerprint density at radius 3 is 2.75 bits per heavy atom. The molecule has 0 aliphatic heterocycles. The zero-order valence-electron chi connectivity index (χ0n) is 9.17. The second-order valence-corrected chi connectivity index (χ2v) is 5.26. The number of rotatable bonds is 2. The van der Waals surface area contributed by atoms with Gasteiger partial charge in [0.25, 0.3) is 0 Å². The summed E-state index contributed by atoms with van der Waals surface area (Å²) in [6.45, 7) is 2.01. The van der Waals surface area contributed by atoms with Gasteiger partial charge >= 0.3 is 0 Å². The molecule has 1 aliphatic carbocycles. The minimum absolute atomic E-state index is 0.162. The molecule has 0 spiro atoms. The fraction of sp³-hybridized carbons (Fsp3) is 0.462. The van der Waals surface area contributed by atoms with Crippen LogP contribution in [-0.4, -0.2) is 5.78 Å². The van der Waals surface area contributed by atoms with E-state index in [2.05, 4.69) is 0 Å². The van der Waals surface area contributed by atoms with Gasteiger partial charge in [-0.2, -0.15) is 0 Å². The lowest BCUT2D eigenvalue weighted by Crippen LogP contribution is -2.13. The third kappa shape index (κ3) is 2.26. The standard InChI is InChI=1S/C13H14Cl2O/c1-8-9(5-6-12(8)16)7-10-3-2-4-11(14)13(10)15/h2-4,8-9H,5-7H2,1H3. The SMILES string of the molecule is CC1C(=O)CCC1Cc1cccc(Cl)c1Cl. The maximum atomic E-state index is 11.5. The van der Waals surface area contributed by atoms with Crippen LogP contribution in [0.1, 0.15) is 25.3 Å². The van der Waals surface area contributed by atoms with E-state index in [0.717, 1.165) is 18.4 Å². The van der Waals surface area contributed by atoms with Gasteiger partial charge in [0.15, 0.2) is 0 Å². The van der Waals surface area contributed by atoms with Crippen molar-refractivity contribution in [3.63, 3.8) is 0 Å². The molecule has 3 heteroatoms. The highest BCUT2D eigenvalue weighted by molar-refractivity contribution is 6.42. The van der Waals surface area contributed by atoms with Crippen LogP contribution in [0.15, 0.2) is 18.2 Å². The van der Waals surface area contributed by atoms with Crippen LogP contribution in [0.4, 0.5) is 0 Å². The molecule has 1 aromatic carbocycles. The zero-order valence-corrected chi connectivity index (χ0v) is 10.7. The molecule has 1 saturated carbocycles. The molecule has 2 unspecified atom stereocenters. The quantitative estimate of drug-likeness (QED) is 0.777. The molecule has 0 radical (unpaired) electrons. The summed E-state index contributed by atoms with van der Waals surface area (Å²) in [5.41, 5.74) is 1.06. The number of carbonyl (C=O) groups is 1. The number of Topliss-reactive ketones (excluding diaryl/α,β-unsaturated/α-hetero) is 1. The minimum atomic E-state index is 0.162. The lowest BCUT2D eigenvalue weighted by molar-refractivity contribution is -0.120. The van der Waals surface area contributed by atoms with Crippen LogP contribution in [0.5, 0.6) is 0 Å². The molecule has 0 N–H and O–H groups in total. The molecule has 0 heterocycles. The average Bonchev–Trinajstić information content (AvgIpc) is 2.57. The lowest BCUT2D eigenvalue weighted by Gasteiger charge is -2.15. The molecular weight excluding hydrogens is 243 g/mol. The van der Waals surface area contributed by atoms with Gasteiger partial charge in [0.1, 0.15) is 5.78 Å². The maximum Gasteiger partial charge on any atom is 0.135 e. The van der Waals surface area contributed by atoms with Gasteiger partial charge in [0, 0.05) is 12.3 Å². The van der Waals surface area contributed by atoms with Gasteiger partial charge in [0.2, 0.25) is 0 Å². The van der Waals surface area contributed by atoms with E-state index in [1.165, 1.54) is 0 Å². The Morgan fingerprint density at radius 1 is 1.38 bits per heavy atom. The smallest absolute Gasteiger partial charge is 0.135 e. The minimum Gasteiger partial charge on any atom is -0.299 e. The van der Waals surface area contributed by atoms with Crippen molar-refractivity contribution in [3.8, 4) is 0 Å². The molecule has 86 valence electrons. The Hall–Kier alpha value is -0.530. The third-order valence-electron chi connectivity index (χ3n) is 3.49. The summed E-state index contributed by atoms with van der Waals surface area (Å²) >= 11 is 12.1. The van der Waals surface area contributed by atoms with Crippen LogP contribution in [0.2, 0.25) is 10.0 Å². The second-order valence-electron chi connectivity index (χ2n) is 4.47. The molecular formula is C13H14Cl2O. The molecule has 2 atom stereocenters. The van der Waals surface area contributed by atoms with E-state index in [-0.39, 0.29) is 5.92 Å². The van der Waals surface area contributed by atoms with Gasteiger partial charge in [-0.1, -0.05) is 42.3 Å². The number of ketones is 1. The van der Waals surface area contributed by atoms with Crippen molar-refractivity contribution < 1.29 is 4.79 Å². The van der Waals surface area contributed by atoms with Crippen molar-refractivity contribution in [2.24, 2.45) is 11.8 Å². The Morgan fingerprint density at radius 2 is 2.12 bits per heavy atom. The maximum absolute atomic E-state index is 11.5. The molecule has 0 aromatic heterocycles. The van der Waals surface area contributed by atoms with Crippen molar-refractivity contribution >= 4 is 29.0 Å². The Balaban J connectivity index is 2.15. The van der Waals surface area contributed by atoms with Gasteiger partial charge < -0.3 is 0 Å². The summed E-state index contributed by atoms with van der Waals surface area (Å²) < 4.78 is 0. The van der Waals surface area contributed by atoms with Crippen LogP contribution in [-0.2, 0) is 11.2 Å². The van der Waals surface area contributed by atoms with Gasteiger partial charge in [-0.15, -0.1) is 0 Å². The van der Waals surface area contributed by atoms with Crippen LogP contribution in [0, 0.1) is 11.8 Å². The van der Waals surface area contributed by atoms with E-state index in [1.54, 1.807) is 6.07 Å². The molecule has 0 amide bonds. The summed E-state index contributed by atoms with van der Waals surface area (Å²) in [4.78, 5) is 11.5. The summed E-state index contributed by atoms with van der Waals surface area (Å²) in [6, 6.07) is 5.69. The Bertz CT molecular complexity index is 414. The molecule has 0 bridgehead atoms. The highest BCUT2D eigenvalue weighted by Gasteiger charge is 2.31. The highest BCUT2D eigenvalue weighted by atomic mass is 35.5. The predicted octanol–water partition coefficient (Wildman–Crippen LogP) is 4.15. The predicted molar refractivity (Wildman–Crippen MR) is 67.1 cm³/mol. The van der Waals surface area contributed by atoms with Crippen LogP contribution < -0.4 is 0 Å². The first-order valence-corrected chi connectivity index (χ1v) is 6.30. The van der Waals surface area contributed by atoms with E-state index in [4.69, 9.17) is 23.2 Å². The number of carbonyl (C=O) groups excluding carboxylic acids is 1. The van der Waals surface area contributed by atoms with Crippen molar-refractivity contribution in [3.05, 3.63) is 33.8 Å². The van der Waals surface area contributed by atoms with E-state index in [9.17, 15) is 4.79 Å². The average molecular weight is 257 g/mol. The number of benzene rings is 1. The van der Waals surface area contributed by atoms with Crippen LogP contribution >= 0.6 is 23.2 Å². The van der Waals surface area contributed by atoms with Crippen molar-refractivity contribution in [2.45, 2.75) is 26.2 Å². The lowest BCUT2D eigenvalue weighted by atomic mass is 9.91. The van der Waals surface area contributed by atoms with E-state index in [1.807, 2.05) is 19.1 Å². The van der Waals surface area contributed by atoms with Gasteiger partial charge in [-0.25, -0.2) is 0 Å². The first kappa shape index (κ1) is 11.9. The molecule has 1 aromatic rings. The van der Waals surface area contributed by atoms with Crippen LogP contribution in [0.3, 0.4) is 0 Å². The van der Waals surface area contributed by atoms with Crippen molar-refractivity contribution in [1.82, 2.24) is 0 Å². The first-order chi connectivity index (χ1) is 7.59. The monoisotopic (exact) mass is 256 g/mol. The third-order valence-corrected chi connectivity index (χ3v) is 4.35. The normalized spacial score (nSPS) is 25.1. The molecule has 1 aliphatic rings. The second kappa shape index (κ2) is 4.77. The number of hydrogen-bond donors (Lipinski definition) is 0. The Labute approximate surface area is 106 Å². The zero-order chi connectivity index (χ0) is 11.7. The van der Waals surface area contributed by atoms with E-state index < -0.39 is 0 Å². The highest BCUT2D eigenvalue weighted by Crippen LogP contribution is 2.34. The van der Waals surface area contributed by atoms with Crippen LogP contribution in [0.25, 0.3) is 0 Å². The molecule has 1 fully saturated rings. The van der Waals surface area contributed by atoms with Crippen molar-refractivity contribution in [2.75, 3.05) is 0 Å². The molecule has 16 heavy (non-hydrogen) atoms. The van der Waals surface area contributed by atoms with E-state index in [0.29, 0.717) is 28.2 Å². The van der Waals surface area contributed by atoms with Gasteiger partial charge in [-0.05, 0) is 30.4 Å². The Kier molecular flexibility index (Phi) is 3.56. The topological polar surface area (TPSA) is 17.1 Å². The summed E-state index contributed by atoms with van der Waals surface area (Å²) in [5.74, 6) is 0.960. The first-order valence-electron chi connectivity index (χ1n) is 5.55. The number of hydrogen-bond acceptors (Lipinski definition) is 1. The molecule has 0 saturated heterocycles. The van der Waals surface area contributed by atoms with Gasteiger partial charge in [-0.3, -0.25) is 4.79 Å². The summed E-state index contributed by atoms with van der Waals surface area (Å²) in [7, 11) is 0. The molecule has 2 rings (SSSR count). The van der Waals surface area contributed by atoms with Crippen molar-refractivity contribution in [1.29, 1.82) is 0 Å². The van der Waals surface area contributed by atoms with Gasteiger partial charge in [0.05, 0.1) is 10.0 Å². The summed E-state index contributed by atoms with van der Waals surface area (Å²) in [6.07, 6.45) is 2.54. The largest absolute Gasteiger partial charge is 0.299 e. The summed E-state index contributed by atoms with van der Waals surface area (Å²) in [5, 5.41) is 1.23. The fourth-order valence-corrected chi connectivity index (χ4v) is 2.73.